The number of aliphatic hydroxyl groups is 1. The highest BCUT2D eigenvalue weighted by molar-refractivity contribution is 7.11. The van der Waals surface area contributed by atoms with Gasteiger partial charge in [0, 0.05) is 29.4 Å². The summed E-state index contributed by atoms with van der Waals surface area (Å²) in [4.78, 5) is 7.24. The Kier molecular flexibility index (Phi) is 7.34. The molecule has 0 saturated heterocycles. The number of hydrogen-bond acceptors (Lipinski definition) is 6. The molecule has 0 spiro atoms. The second-order valence-corrected chi connectivity index (χ2v) is 9.36. The van der Waals surface area contributed by atoms with Crippen LogP contribution in [-0.4, -0.2) is 40.1 Å². The first-order valence-corrected chi connectivity index (χ1v) is 11.6. The van der Waals surface area contributed by atoms with Crippen molar-refractivity contribution in [3.63, 3.8) is 0 Å². The van der Waals surface area contributed by atoms with Crippen LogP contribution in [0.25, 0.3) is 0 Å². The van der Waals surface area contributed by atoms with Gasteiger partial charge in [0.25, 0.3) is 0 Å². The number of pyridine rings is 1. The topological polar surface area (TPSA) is 64.5 Å². The smallest absolute Gasteiger partial charge is 0.433 e. The van der Waals surface area contributed by atoms with Gasteiger partial charge in [0.15, 0.2) is 11.5 Å². The van der Waals surface area contributed by atoms with E-state index < -0.39 is 35.5 Å². The molecule has 0 bridgehead atoms. The molecule has 0 radical (unpaired) electrons. The van der Waals surface area contributed by atoms with E-state index >= 15 is 0 Å². The van der Waals surface area contributed by atoms with Gasteiger partial charge in [-0.15, -0.1) is 11.3 Å². The highest BCUT2D eigenvalue weighted by Gasteiger charge is 2.73. The molecule has 5 nitrogen and oxygen atoms in total. The molecule has 0 aliphatic heterocycles. The van der Waals surface area contributed by atoms with Crippen LogP contribution in [0.5, 0.6) is 11.5 Å². The summed E-state index contributed by atoms with van der Waals surface area (Å²) < 4.78 is 116. The lowest BCUT2D eigenvalue weighted by Crippen LogP contribution is -2.53. The van der Waals surface area contributed by atoms with Crippen LogP contribution in [0.15, 0.2) is 48.9 Å². The van der Waals surface area contributed by atoms with Crippen molar-refractivity contribution >= 4 is 11.3 Å². The maximum absolute atomic E-state index is 13.4. The molecule has 1 aliphatic rings. The summed E-state index contributed by atoms with van der Waals surface area (Å²) in [6.45, 7) is -3.15. The molecular weight excluding hydrogens is 536 g/mol. The number of rotatable bonds is 9. The van der Waals surface area contributed by atoms with Gasteiger partial charge in [0.1, 0.15) is 5.01 Å². The van der Waals surface area contributed by atoms with Crippen molar-refractivity contribution < 1.29 is 49.7 Å². The highest BCUT2D eigenvalue weighted by Crippen LogP contribution is 2.52. The average molecular weight is 554 g/mol. The van der Waals surface area contributed by atoms with E-state index in [9.17, 15) is 40.2 Å². The predicted octanol–water partition coefficient (Wildman–Crippen LogP) is 6.37. The van der Waals surface area contributed by atoms with Crippen molar-refractivity contribution in [1.82, 2.24) is 9.97 Å². The van der Waals surface area contributed by atoms with Crippen LogP contribution in [0, 0.1) is 0 Å². The molecule has 4 rings (SSSR count). The van der Waals surface area contributed by atoms with Crippen LogP contribution >= 0.6 is 11.3 Å². The minimum absolute atomic E-state index is 0.0364. The molecule has 1 saturated carbocycles. The number of aromatic nitrogens is 2. The summed E-state index contributed by atoms with van der Waals surface area (Å²) in [7, 11) is 0. The lowest BCUT2D eigenvalue weighted by Gasteiger charge is -2.30. The van der Waals surface area contributed by atoms with Gasteiger partial charge in [0.2, 0.25) is 0 Å². The summed E-state index contributed by atoms with van der Waals surface area (Å²) in [5, 5.41) is 8.17. The van der Waals surface area contributed by atoms with Crippen molar-refractivity contribution in [3.8, 4) is 11.5 Å². The zero-order valence-corrected chi connectivity index (χ0v) is 19.4. The first kappa shape index (κ1) is 27.0. The highest BCUT2D eigenvalue weighted by atomic mass is 32.1. The van der Waals surface area contributed by atoms with E-state index in [1.165, 1.54) is 30.6 Å². The molecule has 1 fully saturated rings. The number of ether oxygens (including phenoxy) is 2. The Labute approximate surface area is 208 Å². The van der Waals surface area contributed by atoms with Crippen LogP contribution in [0.1, 0.15) is 39.8 Å². The van der Waals surface area contributed by atoms with Gasteiger partial charge < -0.3 is 14.6 Å². The third-order valence-electron chi connectivity index (χ3n) is 5.56. The maximum Gasteiger partial charge on any atom is 0.433 e. The number of halogens is 8. The first-order chi connectivity index (χ1) is 17.3. The molecule has 1 aliphatic carbocycles. The second-order valence-electron chi connectivity index (χ2n) is 8.29. The Bertz CT molecular complexity index is 1200. The van der Waals surface area contributed by atoms with Crippen LogP contribution in [0.3, 0.4) is 0 Å². The van der Waals surface area contributed by atoms with Crippen molar-refractivity contribution in [2.45, 2.75) is 55.8 Å². The lowest BCUT2D eigenvalue weighted by atomic mass is 9.91. The molecule has 1 N–H and O–H groups in total. The Hall–Kier alpha value is -3.00. The zero-order chi connectivity index (χ0) is 27.0. The van der Waals surface area contributed by atoms with E-state index in [4.69, 9.17) is 4.74 Å². The molecule has 1 atom stereocenters. The van der Waals surface area contributed by atoms with Gasteiger partial charge in [0.05, 0.1) is 6.10 Å². The van der Waals surface area contributed by atoms with E-state index in [1.807, 2.05) is 0 Å². The third-order valence-corrected chi connectivity index (χ3v) is 6.78. The van der Waals surface area contributed by atoms with E-state index in [2.05, 4.69) is 14.7 Å². The van der Waals surface area contributed by atoms with Crippen molar-refractivity contribution in [3.05, 3.63) is 69.9 Å². The third kappa shape index (κ3) is 5.79. The summed E-state index contributed by atoms with van der Waals surface area (Å²) in [5.41, 5.74) is -4.25. The number of benzene rings is 1. The molecule has 2 aromatic heterocycles. The molecule has 1 unspecified atom stereocenters. The summed E-state index contributed by atoms with van der Waals surface area (Å²) in [6, 6.07) is 7.16. The van der Waals surface area contributed by atoms with Crippen LogP contribution < -0.4 is 9.47 Å². The molecule has 1 aromatic carbocycles. The van der Waals surface area contributed by atoms with E-state index in [-0.39, 0.29) is 40.2 Å². The molecule has 37 heavy (non-hydrogen) atoms. The van der Waals surface area contributed by atoms with Gasteiger partial charge in [-0.25, -0.2) is 4.98 Å². The number of nitrogens with zero attached hydrogens (tertiary/aromatic N) is 2. The largest absolute Gasteiger partial charge is 0.487 e. The Balaban J connectivity index is 1.79. The second kappa shape index (κ2) is 10.0. The Morgan fingerprint density at radius 2 is 1.70 bits per heavy atom. The quantitative estimate of drug-likeness (QED) is 0.312. The monoisotopic (exact) mass is 554 g/mol. The summed E-state index contributed by atoms with van der Waals surface area (Å²) in [6.07, 6.45) is -7.20. The molecule has 2 heterocycles. The maximum atomic E-state index is 13.4. The number of alkyl halides is 8. The molecular formula is C23H18F8N2O3S. The van der Waals surface area contributed by atoms with E-state index in [1.54, 1.807) is 12.1 Å². The molecule has 200 valence electrons. The van der Waals surface area contributed by atoms with Gasteiger partial charge in [-0.05, 0) is 48.6 Å². The summed E-state index contributed by atoms with van der Waals surface area (Å²) in [5.74, 6) is -1.19. The van der Waals surface area contributed by atoms with Crippen molar-refractivity contribution in [2.75, 3.05) is 0 Å². The number of hydrogen-bond donors (Lipinski definition) is 1. The molecule has 3 aromatic rings. The minimum atomic E-state index is -6.08. The molecule has 0 amide bonds. The van der Waals surface area contributed by atoms with Gasteiger partial charge >= 0.3 is 24.6 Å². The van der Waals surface area contributed by atoms with Gasteiger partial charge in [-0.2, -0.15) is 35.1 Å². The van der Waals surface area contributed by atoms with E-state index in [0.717, 1.165) is 6.20 Å². The SMILES string of the molecule is OC(c1ncc(C(Cc2cccnc2)c2ccc(OC(F)F)c(OC3CC3)c2)s1)(C(F)(F)F)C(F)(F)F. The fourth-order valence-electron chi connectivity index (χ4n) is 3.55. The Morgan fingerprint density at radius 3 is 2.27 bits per heavy atom. The number of thiazole rings is 1. The van der Waals surface area contributed by atoms with Gasteiger partial charge in [-0.3, -0.25) is 4.98 Å². The molecule has 14 heteroatoms. The van der Waals surface area contributed by atoms with Gasteiger partial charge in [-0.1, -0.05) is 12.1 Å². The van der Waals surface area contributed by atoms with Crippen LogP contribution in [0.4, 0.5) is 35.1 Å². The zero-order valence-electron chi connectivity index (χ0n) is 18.6. The fraction of sp³-hybridized carbons (Fsp3) is 0.391. The normalized spacial score (nSPS) is 15.6. The predicted molar refractivity (Wildman–Crippen MR) is 115 cm³/mol. The van der Waals surface area contributed by atoms with Crippen molar-refractivity contribution in [1.29, 1.82) is 0 Å². The van der Waals surface area contributed by atoms with Crippen LogP contribution in [0.2, 0.25) is 0 Å². The Morgan fingerprint density at radius 1 is 1.00 bits per heavy atom. The standard InChI is InChI=1S/C23H18F8N2O3S/c24-20(25)36-16-6-3-13(9-17(16)35-14-4-5-14)15(8-12-2-1-7-32-10-12)18-11-33-19(37-18)21(34,22(26,27)28)23(29,30)31/h1-3,6-7,9-11,14-15,20,34H,4-5,8H2. The van der Waals surface area contributed by atoms with Crippen molar-refractivity contribution in [2.24, 2.45) is 0 Å². The lowest BCUT2D eigenvalue weighted by molar-refractivity contribution is -0.376. The van der Waals surface area contributed by atoms with E-state index in [0.29, 0.717) is 24.0 Å². The summed E-state index contributed by atoms with van der Waals surface area (Å²) >= 11 is 0.0491. The van der Waals surface area contributed by atoms with Crippen LogP contribution in [-0.2, 0) is 12.0 Å². The fourth-order valence-corrected chi connectivity index (χ4v) is 4.72. The first-order valence-electron chi connectivity index (χ1n) is 10.8. The minimum Gasteiger partial charge on any atom is -0.487 e. The average Bonchev–Trinajstić information content (AvgIpc) is 3.49.